The molecular formula is C15H15BrFN3O. The second-order valence-corrected chi connectivity index (χ2v) is 5.53. The maximum atomic E-state index is 13.6. The zero-order chi connectivity index (χ0) is 15.4. The summed E-state index contributed by atoms with van der Waals surface area (Å²) in [5.41, 5.74) is 2.22. The van der Waals surface area contributed by atoms with Crippen molar-refractivity contribution < 1.29 is 9.18 Å². The summed E-state index contributed by atoms with van der Waals surface area (Å²) in [7, 11) is 0. The van der Waals surface area contributed by atoms with Gasteiger partial charge in [0.2, 0.25) is 0 Å². The summed E-state index contributed by atoms with van der Waals surface area (Å²) in [5.74, 6) is -0.623. The summed E-state index contributed by atoms with van der Waals surface area (Å²) in [6.07, 6.45) is 0.612. The summed E-state index contributed by atoms with van der Waals surface area (Å²) in [4.78, 5) is 12.2. The second kappa shape index (κ2) is 6.76. The van der Waals surface area contributed by atoms with Gasteiger partial charge in [-0.15, -0.1) is 0 Å². The minimum atomic E-state index is -0.349. The minimum absolute atomic E-state index is 0.120. The molecule has 0 spiro atoms. The van der Waals surface area contributed by atoms with Crippen LogP contribution in [0, 0.1) is 12.7 Å². The van der Waals surface area contributed by atoms with E-state index in [1.54, 1.807) is 25.1 Å². The first kappa shape index (κ1) is 15.6. The molecule has 0 saturated carbocycles. The highest BCUT2D eigenvalue weighted by atomic mass is 79.9. The molecule has 110 valence electrons. The van der Waals surface area contributed by atoms with Crippen LogP contribution in [-0.4, -0.2) is 16.1 Å². The van der Waals surface area contributed by atoms with E-state index in [4.69, 9.17) is 0 Å². The molecule has 0 fully saturated rings. The molecule has 4 nitrogen and oxygen atoms in total. The molecule has 0 atom stereocenters. The molecule has 6 heteroatoms. The van der Waals surface area contributed by atoms with Crippen LogP contribution in [-0.2, 0) is 13.0 Å². The van der Waals surface area contributed by atoms with Crippen LogP contribution in [0.4, 0.5) is 4.39 Å². The van der Waals surface area contributed by atoms with Crippen LogP contribution < -0.4 is 5.32 Å². The van der Waals surface area contributed by atoms with Gasteiger partial charge >= 0.3 is 0 Å². The van der Waals surface area contributed by atoms with Gasteiger partial charge < -0.3 is 5.32 Å². The Hall–Kier alpha value is -1.82. The van der Waals surface area contributed by atoms with Gasteiger partial charge in [-0.25, -0.2) is 4.39 Å². The van der Waals surface area contributed by atoms with Crippen LogP contribution in [0.1, 0.15) is 34.2 Å². The molecule has 1 aromatic heterocycles. The van der Waals surface area contributed by atoms with E-state index in [9.17, 15) is 9.18 Å². The average Bonchev–Trinajstić information content (AvgIpc) is 2.47. The maximum Gasteiger partial charge on any atom is 0.253 e. The van der Waals surface area contributed by atoms with Crippen molar-refractivity contribution in [3.8, 4) is 0 Å². The monoisotopic (exact) mass is 351 g/mol. The summed E-state index contributed by atoms with van der Waals surface area (Å²) in [5, 5.41) is 10.7. The molecule has 2 aromatic rings. The zero-order valence-electron chi connectivity index (χ0n) is 11.8. The van der Waals surface area contributed by atoms with E-state index in [0.29, 0.717) is 28.9 Å². The number of nitrogens with one attached hydrogen (secondary N) is 1. The van der Waals surface area contributed by atoms with Crippen molar-refractivity contribution >= 4 is 21.8 Å². The van der Waals surface area contributed by atoms with Crippen LogP contribution in [0.3, 0.4) is 0 Å². The molecule has 0 aliphatic rings. The van der Waals surface area contributed by atoms with Gasteiger partial charge in [0.05, 0.1) is 17.0 Å². The highest BCUT2D eigenvalue weighted by Crippen LogP contribution is 2.15. The van der Waals surface area contributed by atoms with Crippen molar-refractivity contribution in [1.29, 1.82) is 0 Å². The number of hydrogen-bond donors (Lipinski definition) is 1. The van der Waals surface area contributed by atoms with Crippen LogP contribution in [0.25, 0.3) is 0 Å². The van der Waals surface area contributed by atoms with Crippen molar-refractivity contribution in [2.24, 2.45) is 0 Å². The van der Waals surface area contributed by atoms with E-state index in [1.165, 1.54) is 6.07 Å². The van der Waals surface area contributed by atoms with E-state index in [2.05, 4.69) is 31.4 Å². The van der Waals surface area contributed by atoms with Crippen molar-refractivity contribution in [1.82, 2.24) is 15.5 Å². The summed E-state index contributed by atoms with van der Waals surface area (Å²) in [6.45, 7) is 3.80. The molecule has 21 heavy (non-hydrogen) atoms. The normalized spacial score (nSPS) is 10.5. The van der Waals surface area contributed by atoms with Crippen molar-refractivity contribution in [2.75, 3.05) is 0 Å². The van der Waals surface area contributed by atoms with Gasteiger partial charge in [0.25, 0.3) is 5.91 Å². The lowest BCUT2D eigenvalue weighted by Crippen LogP contribution is -2.25. The highest BCUT2D eigenvalue weighted by molar-refractivity contribution is 9.10. The SMILES string of the molecule is CCc1nnc(C)cc1C(=O)NCc1cc(Br)ccc1F. The van der Waals surface area contributed by atoms with Gasteiger partial charge in [-0.1, -0.05) is 22.9 Å². The highest BCUT2D eigenvalue weighted by Gasteiger charge is 2.13. The third-order valence-electron chi connectivity index (χ3n) is 3.02. The predicted octanol–water partition coefficient (Wildman–Crippen LogP) is 3.18. The first-order valence-electron chi connectivity index (χ1n) is 6.56. The molecule has 1 aromatic carbocycles. The Labute approximate surface area is 130 Å². The topological polar surface area (TPSA) is 54.9 Å². The van der Waals surface area contributed by atoms with E-state index < -0.39 is 0 Å². The van der Waals surface area contributed by atoms with Crippen molar-refractivity contribution in [2.45, 2.75) is 26.8 Å². The molecule has 1 amide bonds. The fraction of sp³-hybridized carbons (Fsp3) is 0.267. The van der Waals surface area contributed by atoms with Crippen molar-refractivity contribution in [3.05, 3.63) is 57.1 Å². The fourth-order valence-corrected chi connectivity index (χ4v) is 2.33. The quantitative estimate of drug-likeness (QED) is 0.920. The lowest BCUT2D eigenvalue weighted by molar-refractivity contribution is 0.0949. The fourth-order valence-electron chi connectivity index (χ4n) is 1.92. The van der Waals surface area contributed by atoms with Crippen LogP contribution >= 0.6 is 15.9 Å². The molecule has 0 saturated heterocycles. The zero-order valence-corrected chi connectivity index (χ0v) is 13.4. The molecule has 0 unspecified atom stereocenters. The molecular weight excluding hydrogens is 337 g/mol. The van der Waals surface area contributed by atoms with Gasteiger partial charge in [0.15, 0.2) is 0 Å². The van der Waals surface area contributed by atoms with Crippen LogP contribution in [0.2, 0.25) is 0 Å². The van der Waals surface area contributed by atoms with Gasteiger partial charge in [-0.3, -0.25) is 4.79 Å². The van der Waals surface area contributed by atoms with Crippen molar-refractivity contribution in [3.63, 3.8) is 0 Å². The van der Waals surface area contributed by atoms with Crippen LogP contribution in [0.5, 0.6) is 0 Å². The molecule has 1 N–H and O–H groups in total. The number of benzene rings is 1. The Balaban J connectivity index is 2.15. The second-order valence-electron chi connectivity index (χ2n) is 4.62. The number of hydrogen-bond acceptors (Lipinski definition) is 3. The lowest BCUT2D eigenvalue weighted by atomic mass is 10.1. The Bertz CT molecular complexity index is 676. The standard InChI is InChI=1S/C15H15BrFN3O/c1-3-14-12(6-9(2)19-20-14)15(21)18-8-10-7-11(16)4-5-13(10)17/h4-7H,3,8H2,1-2H3,(H,18,21). The lowest BCUT2D eigenvalue weighted by Gasteiger charge is -2.09. The molecule has 0 radical (unpaired) electrons. The average molecular weight is 352 g/mol. The Kier molecular flexibility index (Phi) is 5.01. The largest absolute Gasteiger partial charge is 0.348 e. The number of halogens is 2. The smallest absolute Gasteiger partial charge is 0.253 e. The number of aromatic nitrogens is 2. The predicted molar refractivity (Wildman–Crippen MR) is 81.4 cm³/mol. The van der Waals surface area contributed by atoms with Gasteiger partial charge in [-0.2, -0.15) is 10.2 Å². The molecule has 0 aliphatic carbocycles. The minimum Gasteiger partial charge on any atom is -0.348 e. The van der Waals surface area contributed by atoms with E-state index in [-0.39, 0.29) is 18.3 Å². The first-order valence-corrected chi connectivity index (χ1v) is 7.36. The summed E-state index contributed by atoms with van der Waals surface area (Å²) in [6, 6.07) is 6.32. The number of nitrogens with zero attached hydrogens (tertiary/aromatic N) is 2. The van der Waals surface area contributed by atoms with E-state index in [0.717, 1.165) is 4.47 Å². The molecule has 2 rings (SSSR count). The summed E-state index contributed by atoms with van der Waals surface area (Å²) >= 11 is 3.28. The summed E-state index contributed by atoms with van der Waals surface area (Å²) < 4.78 is 14.4. The number of aryl methyl sites for hydroxylation is 2. The maximum absolute atomic E-state index is 13.6. The Morgan fingerprint density at radius 3 is 2.81 bits per heavy atom. The molecule has 0 bridgehead atoms. The number of amides is 1. The van der Waals surface area contributed by atoms with Gasteiger partial charge in [0, 0.05) is 16.6 Å². The molecule has 1 heterocycles. The van der Waals surface area contributed by atoms with E-state index >= 15 is 0 Å². The third-order valence-corrected chi connectivity index (χ3v) is 3.51. The molecule has 0 aliphatic heterocycles. The Morgan fingerprint density at radius 2 is 2.10 bits per heavy atom. The van der Waals surface area contributed by atoms with E-state index in [1.807, 2.05) is 6.92 Å². The number of carbonyl (C=O) groups excluding carboxylic acids is 1. The van der Waals surface area contributed by atoms with Crippen LogP contribution in [0.15, 0.2) is 28.7 Å². The number of rotatable bonds is 4. The Morgan fingerprint density at radius 1 is 1.33 bits per heavy atom. The van der Waals surface area contributed by atoms with Gasteiger partial charge in [0.1, 0.15) is 5.82 Å². The first-order chi connectivity index (χ1) is 10.0. The number of carbonyl (C=O) groups is 1. The van der Waals surface area contributed by atoms with Gasteiger partial charge in [-0.05, 0) is 37.6 Å². The third kappa shape index (κ3) is 3.85.